The van der Waals surface area contributed by atoms with Crippen LogP contribution in [0.4, 0.5) is 0 Å². The SMILES string of the molecule is N#CC1=C(N)n2c(sc(=O)/c2=C/c2cccc(I)c2)=C(C#N)C1c1cccc(I)c1. The number of nitriles is 2. The van der Waals surface area contributed by atoms with Gasteiger partial charge in [-0.25, -0.2) is 0 Å². The molecule has 1 atom stereocenters. The van der Waals surface area contributed by atoms with E-state index in [1.165, 1.54) is 0 Å². The number of hydrogen-bond acceptors (Lipinski definition) is 5. The number of benzene rings is 2. The van der Waals surface area contributed by atoms with Gasteiger partial charge in [0, 0.05) is 7.14 Å². The van der Waals surface area contributed by atoms with Crippen molar-refractivity contribution in [2.45, 2.75) is 5.92 Å². The number of halogens is 2. The first-order valence-corrected chi connectivity index (χ1v) is 11.7. The van der Waals surface area contributed by atoms with Gasteiger partial charge in [0.1, 0.15) is 15.8 Å². The van der Waals surface area contributed by atoms with Crippen molar-refractivity contribution in [3.8, 4) is 12.1 Å². The number of nitrogens with zero attached hydrogens (tertiary/aromatic N) is 3. The van der Waals surface area contributed by atoms with E-state index in [1.807, 2.05) is 48.5 Å². The first-order valence-electron chi connectivity index (χ1n) is 8.73. The first-order chi connectivity index (χ1) is 14.4. The van der Waals surface area contributed by atoms with Crippen LogP contribution in [0.1, 0.15) is 17.0 Å². The van der Waals surface area contributed by atoms with Gasteiger partial charge >= 0.3 is 0 Å². The van der Waals surface area contributed by atoms with E-state index >= 15 is 0 Å². The highest BCUT2D eigenvalue weighted by Gasteiger charge is 2.31. The van der Waals surface area contributed by atoms with Gasteiger partial charge in [-0.2, -0.15) is 10.5 Å². The lowest BCUT2D eigenvalue weighted by atomic mass is 9.84. The van der Waals surface area contributed by atoms with Crippen LogP contribution in [0.3, 0.4) is 0 Å². The third-order valence-corrected chi connectivity index (χ3v) is 7.07. The Morgan fingerprint density at radius 1 is 1.03 bits per heavy atom. The van der Waals surface area contributed by atoms with E-state index in [0.717, 1.165) is 29.6 Å². The molecule has 4 rings (SSSR count). The minimum Gasteiger partial charge on any atom is -0.384 e. The summed E-state index contributed by atoms with van der Waals surface area (Å²) in [5.41, 5.74) is 8.69. The van der Waals surface area contributed by atoms with Crippen LogP contribution in [0.25, 0.3) is 17.5 Å². The van der Waals surface area contributed by atoms with Crippen LogP contribution < -0.4 is 20.5 Å². The molecule has 0 radical (unpaired) electrons. The summed E-state index contributed by atoms with van der Waals surface area (Å²) >= 11 is 5.38. The standard InChI is InChI=1S/C22H12I2N4OS/c23-14-5-1-3-12(7-14)8-18-22(29)30-21-17(11-26)19(13-4-2-6-15(24)9-13)16(10-25)20(27)28(18)21/h1-9,19H,27H2/b18-8-. The third-order valence-electron chi connectivity index (χ3n) is 4.74. The Morgan fingerprint density at radius 2 is 1.70 bits per heavy atom. The lowest BCUT2D eigenvalue weighted by molar-refractivity contribution is 0.909. The molecule has 3 aromatic rings. The monoisotopic (exact) mass is 634 g/mol. The zero-order chi connectivity index (χ0) is 21.4. The van der Waals surface area contributed by atoms with Gasteiger partial charge in [-0.15, -0.1) is 0 Å². The van der Waals surface area contributed by atoms with Gasteiger partial charge in [0.15, 0.2) is 0 Å². The third kappa shape index (κ3) is 3.60. The molecule has 0 fully saturated rings. The van der Waals surface area contributed by atoms with Crippen LogP contribution in [-0.2, 0) is 0 Å². The molecule has 2 heterocycles. The summed E-state index contributed by atoms with van der Waals surface area (Å²) in [6.07, 6.45) is 1.74. The largest absolute Gasteiger partial charge is 0.384 e. The van der Waals surface area contributed by atoms with Gasteiger partial charge in [-0.1, -0.05) is 35.6 Å². The highest BCUT2D eigenvalue weighted by atomic mass is 127. The summed E-state index contributed by atoms with van der Waals surface area (Å²) in [5.74, 6) is -0.413. The molecular formula is C22H12I2N4OS. The van der Waals surface area contributed by atoms with E-state index < -0.39 is 5.92 Å². The van der Waals surface area contributed by atoms with E-state index in [1.54, 1.807) is 10.6 Å². The van der Waals surface area contributed by atoms with Gasteiger partial charge in [0.25, 0.3) is 4.74 Å². The van der Waals surface area contributed by atoms with E-state index in [9.17, 15) is 15.3 Å². The van der Waals surface area contributed by atoms with Gasteiger partial charge in [-0.05, 0) is 86.7 Å². The van der Waals surface area contributed by atoms with E-state index in [-0.39, 0.29) is 16.1 Å². The first kappa shape index (κ1) is 20.8. The van der Waals surface area contributed by atoms with Crippen LogP contribution in [0.5, 0.6) is 0 Å². The van der Waals surface area contributed by atoms with Crippen molar-refractivity contribution in [1.82, 2.24) is 4.57 Å². The molecule has 0 saturated heterocycles. The van der Waals surface area contributed by atoms with Gasteiger partial charge in [-0.3, -0.25) is 9.36 Å². The number of nitrogens with two attached hydrogens (primary N) is 1. The Hall–Kier alpha value is -2.41. The lowest BCUT2D eigenvalue weighted by Gasteiger charge is -2.23. The van der Waals surface area contributed by atoms with Gasteiger partial charge in [0.2, 0.25) is 0 Å². The molecule has 0 bridgehead atoms. The van der Waals surface area contributed by atoms with Crippen molar-refractivity contribution in [1.29, 1.82) is 10.5 Å². The Labute approximate surface area is 203 Å². The fraction of sp³-hybridized carbons (Fsp3) is 0.0455. The van der Waals surface area contributed by atoms with Crippen molar-refractivity contribution in [2.75, 3.05) is 0 Å². The second-order valence-corrected chi connectivity index (χ2v) is 9.99. The molecule has 2 N–H and O–H groups in total. The summed E-state index contributed by atoms with van der Waals surface area (Å²) in [6, 6.07) is 19.7. The van der Waals surface area contributed by atoms with Gasteiger partial charge in [0.05, 0.1) is 29.2 Å². The molecule has 0 spiro atoms. The Balaban J connectivity index is 2.10. The number of aromatic nitrogens is 1. The van der Waals surface area contributed by atoms with E-state index in [4.69, 9.17) is 5.73 Å². The number of hydrogen-bond donors (Lipinski definition) is 1. The van der Waals surface area contributed by atoms with Crippen LogP contribution in [-0.4, -0.2) is 4.57 Å². The molecule has 2 aromatic carbocycles. The highest BCUT2D eigenvalue weighted by molar-refractivity contribution is 14.1. The smallest absolute Gasteiger partial charge is 0.258 e. The lowest BCUT2D eigenvalue weighted by Crippen LogP contribution is -2.38. The van der Waals surface area contributed by atoms with Crippen molar-refractivity contribution >= 4 is 74.0 Å². The maximum absolute atomic E-state index is 12.9. The zero-order valence-electron chi connectivity index (χ0n) is 15.3. The molecule has 1 aromatic heterocycles. The van der Waals surface area contributed by atoms with Crippen molar-refractivity contribution in [3.05, 3.63) is 91.9 Å². The molecule has 0 saturated carbocycles. The molecule has 1 aliphatic rings. The predicted octanol–water partition coefficient (Wildman–Crippen LogP) is 3.07. The van der Waals surface area contributed by atoms with Gasteiger partial charge < -0.3 is 5.73 Å². The van der Waals surface area contributed by atoms with Crippen LogP contribution in [0.15, 0.2) is 58.9 Å². The van der Waals surface area contributed by atoms with Crippen LogP contribution >= 0.6 is 56.5 Å². The summed E-state index contributed by atoms with van der Waals surface area (Å²) in [4.78, 5) is 12.9. The summed E-state index contributed by atoms with van der Waals surface area (Å²) in [7, 11) is 0. The Kier molecular flexibility index (Phi) is 5.82. The quantitative estimate of drug-likeness (QED) is 0.439. The number of allylic oxidation sites excluding steroid dienone is 1. The summed E-state index contributed by atoms with van der Waals surface area (Å²) in [5, 5.41) is 20.2. The topological polar surface area (TPSA) is 95.6 Å². The van der Waals surface area contributed by atoms with Crippen LogP contribution in [0.2, 0.25) is 0 Å². The fourth-order valence-corrected chi connectivity index (χ4v) is 5.59. The minimum atomic E-state index is -0.599. The normalized spacial score (nSPS) is 16.2. The second kappa shape index (κ2) is 8.38. The highest BCUT2D eigenvalue weighted by Crippen LogP contribution is 2.35. The molecule has 1 aliphatic heterocycles. The van der Waals surface area contributed by atoms with E-state index in [2.05, 4.69) is 57.3 Å². The van der Waals surface area contributed by atoms with E-state index in [0.29, 0.717) is 15.6 Å². The molecule has 30 heavy (non-hydrogen) atoms. The molecule has 5 nitrogen and oxygen atoms in total. The maximum atomic E-state index is 12.9. The van der Waals surface area contributed by atoms with Crippen molar-refractivity contribution in [3.63, 3.8) is 0 Å². The number of thiazole rings is 1. The number of rotatable bonds is 2. The average Bonchev–Trinajstić information content (AvgIpc) is 3.04. The molecule has 0 amide bonds. The van der Waals surface area contributed by atoms with Crippen molar-refractivity contribution in [2.24, 2.45) is 5.73 Å². The minimum absolute atomic E-state index is 0.186. The fourth-order valence-electron chi connectivity index (χ4n) is 3.47. The summed E-state index contributed by atoms with van der Waals surface area (Å²) in [6.45, 7) is 0. The van der Waals surface area contributed by atoms with Crippen molar-refractivity contribution < 1.29 is 0 Å². The zero-order valence-corrected chi connectivity index (χ0v) is 20.4. The molecular weight excluding hydrogens is 622 g/mol. The molecule has 0 aliphatic carbocycles. The molecule has 146 valence electrons. The molecule has 8 heteroatoms. The second-order valence-electron chi connectivity index (χ2n) is 6.54. The molecule has 1 unspecified atom stereocenters. The average molecular weight is 634 g/mol. The Morgan fingerprint density at radius 3 is 2.33 bits per heavy atom. The summed E-state index contributed by atoms with van der Waals surface area (Å²) < 4.78 is 3.83. The predicted molar refractivity (Wildman–Crippen MR) is 134 cm³/mol. The number of fused-ring (bicyclic) bond motifs is 1. The Bertz CT molecular complexity index is 1480. The maximum Gasteiger partial charge on any atom is 0.258 e. The van der Waals surface area contributed by atoms with Crippen LogP contribution in [0, 0.1) is 29.8 Å².